The number of aromatic nitrogens is 6. The van der Waals surface area contributed by atoms with Crippen molar-refractivity contribution in [3.05, 3.63) is 319 Å². The molecule has 0 aliphatic carbocycles. The number of aryl methyl sites for hydroxylation is 24. The van der Waals surface area contributed by atoms with Crippen molar-refractivity contribution < 1.29 is 31.5 Å². The normalized spacial score (nSPS) is 11.1. The third kappa shape index (κ3) is 18.4. The van der Waals surface area contributed by atoms with Gasteiger partial charge in [-0.2, -0.15) is 0 Å². The van der Waals surface area contributed by atoms with Crippen molar-refractivity contribution in [2.24, 2.45) is 42.3 Å². The SMILES string of the molecule is Cc1ccc(-c2c(C)ccc[n+]2C)c(C)c1.Cc1ccc(C)c(-c2c(C)ccc[n+]2C)c1.Cc1ccc(C)c(-c2c(C)ccc[n+]2C)c1.Cc1cccc(C)c1-c1c(C)ccc[n+]1C.Cc1cccc(C)c1-c1c(C)ccc[n+]1C.[2H]C([2H])([2H])c1ccc(-c2c(C)ccc[n+]2C)c(C)c1. The van der Waals surface area contributed by atoms with Crippen LogP contribution < -0.4 is 27.4 Å². The van der Waals surface area contributed by atoms with E-state index in [0.29, 0.717) is 5.56 Å². The molecule has 0 aliphatic rings. The second-order valence-corrected chi connectivity index (χ2v) is 26.4. The van der Waals surface area contributed by atoms with E-state index >= 15 is 0 Å². The van der Waals surface area contributed by atoms with Crippen molar-refractivity contribution in [2.75, 3.05) is 0 Å². The van der Waals surface area contributed by atoms with Crippen LogP contribution in [0.3, 0.4) is 0 Å². The van der Waals surface area contributed by atoms with Gasteiger partial charge >= 0.3 is 0 Å². The van der Waals surface area contributed by atoms with Crippen LogP contribution in [0.2, 0.25) is 0 Å². The standard InChI is InChI=1S/6C15H18N/c2*1-11-7-5-8-12(2)14(11)15-13(3)9-6-10-16(15)4;2*1-11-7-8-12(2)14(10-11)15-13(3)6-5-9-16(15)4;2*1-11-7-8-14(13(3)10-11)15-12(2)6-5-9-16(15)4/h6*5-10H,1-4H3/q6*+1/i;;;;1D3;. The minimum Gasteiger partial charge on any atom is -0.201 e. The van der Waals surface area contributed by atoms with Gasteiger partial charge in [-0.05, 0) is 230 Å². The summed E-state index contributed by atoms with van der Waals surface area (Å²) in [6.45, 7) is 34.4. The molecule has 0 saturated heterocycles. The summed E-state index contributed by atoms with van der Waals surface area (Å²) in [5.74, 6) is 0. The van der Waals surface area contributed by atoms with E-state index in [4.69, 9.17) is 4.11 Å². The van der Waals surface area contributed by atoms with E-state index in [1.807, 2.05) is 32.3 Å². The highest BCUT2D eigenvalue weighted by atomic mass is 14.9. The summed E-state index contributed by atoms with van der Waals surface area (Å²) in [6.07, 6.45) is 12.5. The fourth-order valence-corrected chi connectivity index (χ4v) is 13.2. The smallest absolute Gasteiger partial charge is 0.201 e. The van der Waals surface area contributed by atoms with E-state index in [-0.39, 0.29) is 0 Å². The van der Waals surface area contributed by atoms with Gasteiger partial charge in [-0.25, -0.2) is 27.4 Å². The van der Waals surface area contributed by atoms with Gasteiger partial charge in [0.25, 0.3) is 0 Å². The van der Waals surface area contributed by atoms with Crippen molar-refractivity contribution in [2.45, 2.75) is 125 Å². The maximum atomic E-state index is 7.46. The molecule has 6 heteroatoms. The maximum Gasteiger partial charge on any atom is 0.215 e. The highest BCUT2D eigenvalue weighted by Gasteiger charge is 2.21. The second kappa shape index (κ2) is 33.6. The number of nitrogens with zero attached hydrogens (tertiary/aromatic N) is 6. The van der Waals surface area contributed by atoms with Gasteiger partial charge in [0.05, 0.1) is 11.1 Å². The molecule has 0 N–H and O–H groups in total. The Bertz CT molecular complexity index is 4360. The molecule has 0 saturated carbocycles. The van der Waals surface area contributed by atoms with Gasteiger partial charge in [0.15, 0.2) is 37.2 Å². The Balaban J connectivity index is 0.000000167. The first kappa shape index (κ1) is 69.1. The largest absolute Gasteiger partial charge is 0.215 e. The van der Waals surface area contributed by atoms with Crippen LogP contribution in [0.4, 0.5) is 0 Å². The summed E-state index contributed by atoms with van der Waals surface area (Å²) in [5, 5.41) is 0. The lowest BCUT2D eigenvalue weighted by Gasteiger charge is -2.09. The lowest BCUT2D eigenvalue weighted by molar-refractivity contribution is -0.660. The summed E-state index contributed by atoms with van der Waals surface area (Å²) in [5.41, 5.74) is 37.9. The van der Waals surface area contributed by atoms with E-state index in [1.54, 1.807) is 12.1 Å². The van der Waals surface area contributed by atoms with Crippen molar-refractivity contribution >= 4 is 0 Å². The molecule has 0 spiro atoms. The summed E-state index contributed by atoms with van der Waals surface area (Å²) in [6, 6.07) is 63.5. The molecule has 0 aliphatic heterocycles. The molecule has 6 aromatic heterocycles. The zero-order valence-corrected chi connectivity index (χ0v) is 62.0. The summed E-state index contributed by atoms with van der Waals surface area (Å²) < 4.78 is 35.4. The summed E-state index contributed by atoms with van der Waals surface area (Å²) >= 11 is 0. The van der Waals surface area contributed by atoms with E-state index in [9.17, 15) is 0 Å². The molecule has 6 nitrogen and oxygen atoms in total. The molecule has 0 atom stereocenters. The maximum absolute atomic E-state index is 7.46. The molecule has 0 fully saturated rings. The van der Waals surface area contributed by atoms with Crippen molar-refractivity contribution in [3.63, 3.8) is 0 Å². The van der Waals surface area contributed by atoms with E-state index in [2.05, 4.69) is 362 Å². The molecule has 0 radical (unpaired) electrons. The zero-order chi connectivity index (χ0) is 72.7. The molecular formula is C90H108N6+6. The Labute approximate surface area is 582 Å². The van der Waals surface area contributed by atoms with Crippen molar-refractivity contribution in [1.82, 2.24) is 0 Å². The lowest BCUT2D eigenvalue weighted by Crippen LogP contribution is -2.31. The molecule has 492 valence electrons. The van der Waals surface area contributed by atoms with Gasteiger partial charge in [-0.1, -0.05) is 107 Å². The Kier molecular flexibility index (Phi) is 24.1. The van der Waals surface area contributed by atoms with E-state index < -0.39 is 6.85 Å². The van der Waals surface area contributed by atoms with Gasteiger partial charge in [0.2, 0.25) is 34.2 Å². The Morgan fingerprint density at radius 3 is 0.698 bits per heavy atom. The van der Waals surface area contributed by atoms with Crippen LogP contribution in [0.5, 0.6) is 0 Å². The van der Waals surface area contributed by atoms with Crippen molar-refractivity contribution in [3.8, 4) is 67.5 Å². The number of pyridine rings is 6. The van der Waals surface area contributed by atoms with E-state index in [1.165, 1.54) is 145 Å². The van der Waals surface area contributed by atoms with Gasteiger partial charge in [0.1, 0.15) is 42.3 Å². The predicted octanol–water partition coefficient (Wildman–Crippen LogP) is 18.6. The van der Waals surface area contributed by atoms with Crippen LogP contribution in [0.15, 0.2) is 219 Å². The first-order chi connectivity index (χ1) is 46.8. The lowest BCUT2D eigenvalue weighted by atomic mass is 9.97. The van der Waals surface area contributed by atoms with Crippen LogP contribution in [-0.2, 0) is 42.3 Å². The highest BCUT2D eigenvalue weighted by molar-refractivity contribution is 5.70. The van der Waals surface area contributed by atoms with E-state index in [0.717, 1.165) is 16.8 Å². The number of hydrogen-bond donors (Lipinski definition) is 0. The number of benzene rings is 6. The quantitative estimate of drug-likeness (QED) is 0.148. The number of rotatable bonds is 6. The van der Waals surface area contributed by atoms with Crippen LogP contribution in [-0.4, -0.2) is 0 Å². The minimum absolute atomic E-state index is 0.394. The summed E-state index contributed by atoms with van der Waals surface area (Å²) in [4.78, 5) is 0. The molecule has 96 heavy (non-hydrogen) atoms. The van der Waals surface area contributed by atoms with Crippen molar-refractivity contribution in [1.29, 1.82) is 0 Å². The van der Waals surface area contributed by atoms with Gasteiger partial charge in [-0.15, -0.1) is 0 Å². The third-order valence-corrected chi connectivity index (χ3v) is 18.1. The topological polar surface area (TPSA) is 23.3 Å². The Morgan fingerprint density at radius 1 is 0.198 bits per heavy atom. The Morgan fingerprint density at radius 2 is 0.427 bits per heavy atom. The predicted molar refractivity (Wildman–Crippen MR) is 404 cm³/mol. The summed E-state index contributed by atoms with van der Waals surface area (Å²) in [7, 11) is 12.5. The first-order valence-electron chi connectivity index (χ1n) is 35.0. The molecule has 0 unspecified atom stereocenters. The monoisotopic (exact) mass is 1280 g/mol. The number of hydrogen-bond acceptors (Lipinski definition) is 0. The average molecular weight is 1280 g/mol. The van der Waals surface area contributed by atoms with Crippen LogP contribution in [0.25, 0.3) is 67.5 Å². The fraction of sp³-hybridized carbons (Fsp3) is 0.267. The zero-order valence-electron chi connectivity index (χ0n) is 65.0. The molecular weight excluding hydrogens is 1170 g/mol. The fourth-order valence-electron chi connectivity index (χ4n) is 13.2. The molecule has 6 aromatic carbocycles. The third-order valence-electron chi connectivity index (χ3n) is 18.1. The minimum atomic E-state index is -2.04. The molecule has 6 heterocycles. The van der Waals surface area contributed by atoms with Gasteiger partial charge < -0.3 is 0 Å². The molecule has 0 bridgehead atoms. The first-order valence-corrected chi connectivity index (χ1v) is 33.5. The van der Waals surface area contributed by atoms with Crippen LogP contribution in [0, 0.1) is 125 Å². The molecule has 0 amide bonds. The molecule has 12 rings (SSSR count). The highest BCUT2D eigenvalue weighted by Crippen LogP contribution is 2.31. The van der Waals surface area contributed by atoms with Crippen LogP contribution >= 0.6 is 0 Å². The second-order valence-electron chi connectivity index (χ2n) is 26.4. The van der Waals surface area contributed by atoms with Gasteiger partial charge in [-0.3, -0.25) is 0 Å². The molecule has 12 aromatic rings. The van der Waals surface area contributed by atoms with Crippen LogP contribution in [0.1, 0.15) is 104 Å². The Hall–Kier alpha value is -9.78. The van der Waals surface area contributed by atoms with Gasteiger partial charge in [0, 0.05) is 96.1 Å². The average Bonchev–Trinajstić information content (AvgIpc) is 0.828.